The second kappa shape index (κ2) is 7.03. The number of hydrazone groups is 1. The van der Waals surface area contributed by atoms with Crippen molar-refractivity contribution in [2.75, 3.05) is 0 Å². The van der Waals surface area contributed by atoms with Crippen molar-refractivity contribution in [3.8, 4) is 5.75 Å². The monoisotopic (exact) mass is 472 g/mol. The van der Waals surface area contributed by atoms with Crippen LogP contribution in [-0.4, -0.2) is 22.7 Å². The van der Waals surface area contributed by atoms with Gasteiger partial charge in [0.1, 0.15) is 5.75 Å². The Bertz CT molecular complexity index is 1080. The summed E-state index contributed by atoms with van der Waals surface area (Å²) in [5.41, 5.74) is 2.51. The minimum Gasteiger partial charge on any atom is -0.461 e. The molecule has 7 heteroatoms. The molecular formula is C21H14BrClN2O2S. The third-order valence-corrected chi connectivity index (χ3v) is 6.59. The van der Waals surface area contributed by atoms with Gasteiger partial charge in [-0.3, -0.25) is 4.79 Å². The predicted octanol–water partition coefficient (Wildman–Crippen LogP) is 5.92. The lowest BCUT2D eigenvalue weighted by atomic mass is 9.97. The summed E-state index contributed by atoms with van der Waals surface area (Å²) in [5.74, 6) is 0.568. The second-order valence-electron chi connectivity index (χ2n) is 6.65. The molecule has 5 rings (SSSR count). The third kappa shape index (κ3) is 3.05. The molecule has 0 saturated carbocycles. The van der Waals surface area contributed by atoms with Crippen molar-refractivity contribution < 1.29 is 9.53 Å². The number of hydrogen-bond donors (Lipinski definition) is 0. The minimum atomic E-state index is -0.808. The average molecular weight is 474 g/mol. The minimum absolute atomic E-state index is 0.0797. The van der Waals surface area contributed by atoms with Gasteiger partial charge in [0.25, 0.3) is 6.23 Å². The summed E-state index contributed by atoms with van der Waals surface area (Å²) in [6, 6.07) is 16.8. The van der Waals surface area contributed by atoms with E-state index in [-0.39, 0.29) is 11.8 Å². The first-order valence-electron chi connectivity index (χ1n) is 8.76. The fraction of sp³-hybridized carbons (Fsp3) is 0.143. The van der Waals surface area contributed by atoms with Crippen molar-refractivity contribution in [3.05, 3.63) is 85.5 Å². The van der Waals surface area contributed by atoms with Crippen LogP contribution in [0.2, 0.25) is 5.02 Å². The van der Waals surface area contributed by atoms with Gasteiger partial charge in [-0.2, -0.15) is 5.10 Å². The van der Waals surface area contributed by atoms with Crippen molar-refractivity contribution in [1.29, 1.82) is 0 Å². The Hall–Kier alpha value is -2.15. The molecule has 2 aromatic carbocycles. The van der Waals surface area contributed by atoms with E-state index in [1.54, 1.807) is 34.5 Å². The van der Waals surface area contributed by atoms with E-state index in [0.717, 1.165) is 20.6 Å². The second-order valence-corrected chi connectivity index (χ2v) is 8.95. The molecule has 0 aliphatic carbocycles. The van der Waals surface area contributed by atoms with Crippen LogP contribution in [0.25, 0.3) is 0 Å². The van der Waals surface area contributed by atoms with E-state index in [4.69, 9.17) is 21.4 Å². The van der Waals surface area contributed by atoms with Crippen LogP contribution in [0.4, 0.5) is 0 Å². The van der Waals surface area contributed by atoms with E-state index in [2.05, 4.69) is 15.9 Å². The number of ether oxygens (including phenoxy) is 1. The Kier molecular flexibility index (Phi) is 4.50. The molecular weight excluding hydrogens is 460 g/mol. The lowest BCUT2D eigenvalue weighted by Crippen LogP contribution is -2.45. The molecule has 0 fully saturated rings. The summed E-state index contributed by atoms with van der Waals surface area (Å²) in [6.45, 7) is 0. The number of nitrogens with zero attached hydrogens (tertiary/aromatic N) is 2. The summed E-state index contributed by atoms with van der Waals surface area (Å²) in [4.78, 5) is 14.4. The molecule has 0 N–H and O–H groups in total. The van der Waals surface area contributed by atoms with Crippen LogP contribution in [0.5, 0.6) is 5.75 Å². The first-order chi connectivity index (χ1) is 13.6. The highest BCUT2D eigenvalue weighted by molar-refractivity contribution is 9.10. The third-order valence-electron chi connectivity index (χ3n) is 4.91. The quantitative estimate of drug-likeness (QED) is 0.444. The van der Waals surface area contributed by atoms with E-state index < -0.39 is 6.23 Å². The van der Waals surface area contributed by atoms with E-state index in [9.17, 15) is 4.79 Å². The Morgan fingerprint density at radius 3 is 2.79 bits per heavy atom. The molecule has 2 aliphatic heterocycles. The standard InChI is InChI=1S/C21H14BrClN2O2S/c22-13-5-3-12(4-6-13)20(26)21-25-17(11-16(24-25)19-2-1-9-28-19)15-10-14(23)7-8-18(15)27-21/h1-10,17,21H,11H2/t17-,21+/m0/s1. The Labute approximate surface area is 179 Å². The Morgan fingerprint density at radius 2 is 2.04 bits per heavy atom. The van der Waals surface area contributed by atoms with Crippen molar-refractivity contribution in [3.63, 3.8) is 0 Å². The molecule has 0 bridgehead atoms. The number of Topliss-reactive ketones (excluding diaryl/α,β-unsaturated/α-hetero) is 1. The van der Waals surface area contributed by atoms with Gasteiger partial charge in [-0.1, -0.05) is 45.7 Å². The number of thiophene rings is 1. The molecule has 0 saturated heterocycles. The van der Waals surface area contributed by atoms with Crippen LogP contribution in [-0.2, 0) is 0 Å². The molecule has 4 nitrogen and oxygen atoms in total. The van der Waals surface area contributed by atoms with Gasteiger partial charge in [-0.15, -0.1) is 11.3 Å². The van der Waals surface area contributed by atoms with Crippen molar-refractivity contribution in [1.82, 2.24) is 5.01 Å². The van der Waals surface area contributed by atoms with Gasteiger partial charge in [-0.05, 0) is 41.8 Å². The normalized spacial score (nSPS) is 20.2. The van der Waals surface area contributed by atoms with Gasteiger partial charge in [-0.25, -0.2) is 5.01 Å². The fourth-order valence-corrected chi connectivity index (χ4v) is 4.75. The molecule has 0 amide bonds. The molecule has 0 radical (unpaired) electrons. The van der Waals surface area contributed by atoms with Gasteiger partial charge in [0.05, 0.1) is 16.6 Å². The summed E-state index contributed by atoms with van der Waals surface area (Å²) in [6.07, 6.45) is -0.0984. The molecule has 1 aromatic heterocycles. The predicted molar refractivity (Wildman–Crippen MR) is 114 cm³/mol. The number of benzene rings is 2. The van der Waals surface area contributed by atoms with Crippen LogP contribution in [0.1, 0.15) is 33.3 Å². The van der Waals surface area contributed by atoms with Crippen LogP contribution in [0.3, 0.4) is 0 Å². The van der Waals surface area contributed by atoms with E-state index in [1.165, 1.54) is 0 Å². The number of carbonyl (C=O) groups is 1. The first-order valence-corrected chi connectivity index (χ1v) is 10.8. The number of rotatable bonds is 3. The van der Waals surface area contributed by atoms with Crippen LogP contribution in [0.15, 0.2) is 69.6 Å². The Balaban J connectivity index is 1.57. The zero-order valence-corrected chi connectivity index (χ0v) is 17.7. The first kappa shape index (κ1) is 17.9. The maximum Gasteiger partial charge on any atom is 0.251 e. The van der Waals surface area contributed by atoms with E-state index in [1.807, 2.05) is 41.8 Å². The van der Waals surface area contributed by atoms with Gasteiger partial charge >= 0.3 is 0 Å². The number of hydrogen-bond acceptors (Lipinski definition) is 5. The van der Waals surface area contributed by atoms with Crippen molar-refractivity contribution >= 4 is 50.4 Å². The molecule has 140 valence electrons. The van der Waals surface area contributed by atoms with Crippen molar-refractivity contribution in [2.24, 2.45) is 5.10 Å². The number of fused-ring (bicyclic) bond motifs is 3. The summed E-state index contributed by atoms with van der Waals surface area (Å²) in [7, 11) is 0. The lowest BCUT2D eigenvalue weighted by Gasteiger charge is -2.37. The summed E-state index contributed by atoms with van der Waals surface area (Å²) in [5, 5.41) is 9.25. The van der Waals surface area contributed by atoms with Crippen LogP contribution >= 0.6 is 38.9 Å². The lowest BCUT2D eigenvalue weighted by molar-refractivity contribution is -0.00455. The molecule has 28 heavy (non-hydrogen) atoms. The van der Waals surface area contributed by atoms with Gasteiger partial charge < -0.3 is 4.74 Å². The molecule has 0 spiro atoms. The highest BCUT2D eigenvalue weighted by Gasteiger charge is 2.43. The van der Waals surface area contributed by atoms with Gasteiger partial charge in [0.15, 0.2) is 0 Å². The van der Waals surface area contributed by atoms with E-state index in [0.29, 0.717) is 22.8 Å². The number of ketones is 1. The maximum absolute atomic E-state index is 13.2. The molecule has 0 unspecified atom stereocenters. The largest absolute Gasteiger partial charge is 0.461 e. The average Bonchev–Trinajstić information content (AvgIpc) is 3.37. The molecule has 3 aromatic rings. The number of carbonyl (C=O) groups excluding carboxylic acids is 1. The molecule has 3 heterocycles. The van der Waals surface area contributed by atoms with Crippen molar-refractivity contribution in [2.45, 2.75) is 18.7 Å². The highest BCUT2D eigenvalue weighted by atomic mass is 79.9. The van der Waals surface area contributed by atoms with E-state index >= 15 is 0 Å². The van der Waals surface area contributed by atoms with Crippen LogP contribution < -0.4 is 4.74 Å². The smallest absolute Gasteiger partial charge is 0.251 e. The van der Waals surface area contributed by atoms with Gasteiger partial charge in [0.2, 0.25) is 5.78 Å². The summed E-state index contributed by atoms with van der Waals surface area (Å²) >= 11 is 11.3. The molecule has 2 aliphatic rings. The molecule has 2 atom stereocenters. The number of halogens is 2. The topological polar surface area (TPSA) is 41.9 Å². The zero-order valence-electron chi connectivity index (χ0n) is 14.5. The maximum atomic E-state index is 13.2. The fourth-order valence-electron chi connectivity index (χ4n) is 3.58. The zero-order chi connectivity index (χ0) is 19.3. The summed E-state index contributed by atoms with van der Waals surface area (Å²) < 4.78 is 7.04. The SMILES string of the molecule is O=C(c1ccc(Br)cc1)[C@H]1Oc2ccc(Cl)cc2[C@@H]2CC(c3cccs3)=NN12. The van der Waals surface area contributed by atoms with Crippen LogP contribution in [0, 0.1) is 0 Å². The highest BCUT2D eigenvalue weighted by Crippen LogP contribution is 2.44. The Morgan fingerprint density at radius 1 is 1.21 bits per heavy atom. The van der Waals surface area contributed by atoms with Gasteiger partial charge in [0, 0.05) is 27.0 Å².